The molecule has 0 saturated heterocycles. The van der Waals surface area contributed by atoms with Gasteiger partial charge >= 0.3 is 5.97 Å². The van der Waals surface area contributed by atoms with Crippen LogP contribution in [0.4, 0.5) is 0 Å². The Balaban J connectivity index is 2.16. The largest absolute Gasteiger partial charge is 0.478 e. The molecule has 0 radical (unpaired) electrons. The van der Waals surface area contributed by atoms with E-state index >= 15 is 0 Å². The van der Waals surface area contributed by atoms with Crippen LogP contribution in [0.2, 0.25) is 0 Å². The first-order valence-corrected chi connectivity index (χ1v) is 5.76. The highest BCUT2D eigenvalue weighted by molar-refractivity contribution is 5.95. The fraction of sp³-hybridized carbons (Fsp3) is 0.357. The van der Waals surface area contributed by atoms with Gasteiger partial charge in [-0.25, -0.2) is 4.79 Å². The summed E-state index contributed by atoms with van der Waals surface area (Å²) in [6.07, 6.45) is 5.83. The lowest BCUT2D eigenvalue weighted by Gasteiger charge is -2.03. The number of aliphatic carboxylic acids is 1. The van der Waals surface area contributed by atoms with E-state index in [0.29, 0.717) is 12.0 Å². The summed E-state index contributed by atoms with van der Waals surface area (Å²) in [4.78, 5) is 10.9. The van der Waals surface area contributed by atoms with Gasteiger partial charge in [0.1, 0.15) is 0 Å². The molecular formula is C14H16O2. The number of carboxylic acids is 1. The van der Waals surface area contributed by atoms with Crippen molar-refractivity contribution >= 4 is 12.0 Å². The number of rotatable bonds is 4. The summed E-state index contributed by atoms with van der Waals surface area (Å²) in [5, 5.41) is 8.93. The quantitative estimate of drug-likeness (QED) is 0.839. The fourth-order valence-corrected chi connectivity index (χ4v) is 2.07. The van der Waals surface area contributed by atoms with Gasteiger partial charge in [-0.3, -0.25) is 0 Å². The first-order chi connectivity index (χ1) is 7.70. The van der Waals surface area contributed by atoms with Gasteiger partial charge in [0.05, 0.1) is 0 Å². The molecular weight excluding hydrogens is 200 g/mol. The first-order valence-electron chi connectivity index (χ1n) is 5.76. The van der Waals surface area contributed by atoms with Crippen molar-refractivity contribution in [1.82, 2.24) is 0 Å². The zero-order valence-electron chi connectivity index (χ0n) is 9.49. The Morgan fingerprint density at radius 3 is 2.94 bits per heavy atom. The predicted molar refractivity (Wildman–Crippen MR) is 64.4 cm³/mol. The van der Waals surface area contributed by atoms with E-state index in [0.717, 1.165) is 17.5 Å². The summed E-state index contributed by atoms with van der Waals surface area (Å²) < 4.78 is 0. The van der Waals surface area contributed by atoms with Gasteiger partial charge in [0.2, 0.25) is 0 Å². The van der Waals surface area contributed by atoms with Crippen LogP contribution in [0.25, 0.3) is 6.08 Å². The molecule has 0 saturated carbocycles. The monoisotopic (exact) mass is 216 g/mol. The first kappa shape index (κ1) is 10.9. The van der Waals surface area contributed by atoms with Crippen molar-refractivity contribution in [3.8, 4) is 0 Å². The van der Waals surface area contributed by atoms with E-state index in [-0.39, 0.29) is 0 Å². The van der Waals surface area contributed by atoms with E-state index in [9.17, 15) is 4.79 Å². The van der Waals surface area contributed by atoms with Gasteiger partial charge in [0.25, 0.3) is 0 Å². The molecule has 2 nitrogen and oxygen atoms in total. The summed E-state index contributed by atoms with van der Waals surface area (Å²) in [5.74, 6) is -0.800. The van der Waals surface area contributed by atoms with Gasteiger partial charge in [0.15, 0.2) is 0 Å². The maximum Gasteiger partial charge on any atom is 0.331 e. The maximum atomic E-state index is 10.9. The lowest BCUT2D eigenvalue weighted by atomic mass is 10.0. The summed E-state index contributed by atoms with van der Waals surface area (Å²) in [6, 6.07) is 6.30. The Hall–Kier alpha value is -1.57. The van der Waals surface area contributed by atoms with Crippen LogP contribution in [-0.4, -0.2) is 11.1 Å². The number of aryl methyl sites for hydroxylation is 1. The van der Waals surface area contributed by atoms with E-state index in [4.69, 9.17) is 5.11 Å². The van der Waals surface area contributed by atoms with Crippen LogP contribution in [0.15, 0.2) is 23.8 Å². The molecule has 1 N–H and O–H groups in total. The number of fused-ring (bicyclic) bond motifs is 1. The third kappa shape index (κ3) is 2.16. The molecule has 0 aliphatic heterocycles. The van der Waals surface area contributed by atoms with Crippen molar-refractivity contribution in [2.45, 2.75) is 32.6 Å². The molecule has 0 atom stereocenters. The molecule has 1 aliphatic carbocycles. The summed E-state index contributed by atoms with van der Waals surface area (Å²) >= 11 is 0. The minimum absolute atomic E-state index is 0.502. The molecule has 1 aliphatic rings. The van der Waals surface area contributed by atoms with E-state index in [1.165, 1.54) is 18.4 Å². The normalized spacial score (nSPS) is 13.4. The highest BCUT2D eigenvalue weighted by atomic mass is 16.4. The summed E-state index contributed by atoms with van der Waals surface area (Å²) in [7, 11) is 0. The molecule has 16 heavy (non-hydrogen) atoms. The van der Waals surface area contributed by atoms with Crippen molar-refractivity contribution in [1.29, 1.82) is 0 Å². The highest BCUT2D eigenvalue weighted by Gasteiger charge is 2.17. The Bertz CT molecular complexity index is 444. The number of hydrogen-bond donors (Lipinski definition) is 1. The van der Waals surface area contributed by atoms with Gasteiger partial charge < -0.3 is 5.11 Å². The summed E-state index contributed by atoms with van der Waals surface area (Å²) in [6.45, 7) is 2.18. The molecule has 84 valence electrons. The van der Waals surface area contributed by atoms with E-state index in [2.05, 4.69) is 19.1 Å². The van der Waals surface area contributed by atoms with Crippen LogP contribution in [0.1, 0.15) is 36.5 Å². The SMILES string of the molecule is CCCCc1ccc2c(c1)CC(C(=O)O)=C2. The van der Waals surface area contributed by atoms with Gasteiger partial charge in [-0.1, -0.05) is 31.5 Å². The minimum Gasteiger partial charge on any atom is -0.478 e. The van der Waals surface area contributed by atoms with Crippen molar-refractivity contribution in [3.63, 3.8) is 0 Å². The molecule has 0 bridgehead atoms. The Kier molecular flexibility index (Phi) is 3.09. The molecule has 1 aromatic carbocycles. The lowest BCUT2D eigenvalue weighted by molar-refractivity contribution is -0.132. The molecule has 0 heterocycles. The van der Waals surface area contributed by atoms with E-state index in [1.54, 1.807) is 6.08 Å². The topological polar surface area (TPSA) is 37.3 Å². The number of hydrogen-bond acceptors (Lipinski definition) is 1. The van der Waals surface area contributed by atoms with Crippen LogP contribution in [-0.2, 0) is 17.6 Å². The number of carbonyl (C=O) groups is 1. The van der Waals surface area contributed by atoms with Gasteiger partial charge in [0, 0.05) is 12.0 Å². The van der Waals surface area contributed by atoms with Crippen LogP contribution < -0.4 is 0 Å². The second-order valence-electron chi connectivity index (χ2n) is 4.29. The Labute approximate surface area is 95.6 Å². The molecule has 0 unspecified atom stereocenters. The molecule has 0 aromatic heterocycles. The van der Waals surface area contributed by atoms with Crippen molar-refractivity contribution in [2.75, 3.05) is 0 Å². The highest BCUT2D eigenvalue weighted by Crippen LogP contribution is 2.26. The second-order valence-corrected chi connectivity index (χ2v) is 4.29. The van der Waals surface area contributed by atoms with Crippen LogP contribution in [0, 0.1) is 0 Å². The molecule has 2 rings (SSSR count). The number of carboxylic acid groups (broad SMARTS) is 1. The molecule has 0 spiro atoms. The standard InChI is InChI=1S/C14H16O2/c1-2-3-4-10-5-6-11-8-13(14(15)16)9-12(11)7-10/h5-8H,2-4,9H2,1H3,(H,15,16). The third-order valence-corrected chi connectivity index (χ3v) is 3.01. The average molecular weight is 216 g/mol. The number of benzene rings is 1. The van der Waals surface area contributed by atoms with Crippen LogP contribution in [0.3, 0.4) is 0 Å². The Morgan fingerprint density at radius 1 is 1.44 bits per heavy atom. The fourth-order valence-electron chi connectivity index (χ4n) is 2.07. The molecule has 1 aromatic rings. The van der Waals surface area contributed by atoms with Gasteiger partial charge in [-0.05, 0) is 35.6 Å². The average Bonchev–Trinajstić information content (AvgIpc) is 2.69. The molecule has 2 heteroatoms. The van der Waals surface area contributed by atoms with Crippen molar-refractivity contribution in [2.24, 2.45) is 0 Å². The second kappa shape index (κ2) is 4.52. The minimum atomic E-state index is -0.800. The smallest absolute Gasteiger partial charge is 0.331 e. The zero-order valence-corrected chi connectivity index (χ0v) is 9.49. The maximum absolute atomic E-state index is 10.9. The lowest BCUT2D eigenvalue weighted by Crippen LogP contribution is -1.99. The van der Waals surface area contributed by atoms with Gasteiger partial charge in [-0.15, -0.1) is 0 Å². The molecule has 0 amide bonds. The van der Waals surface area contributed by atoms with Crippen molar-refractivity contribution in [3.05, 3.63) is 40.5 Å². The molecule has 0 fully saturated rings. The Morgan fingerprint density at radius 2 is 2.25 bits per heavy atom. The number of unbranched alkanes of at least 4 members (excludes halogenated alkanes) is 1. The van der Waals surface area contributed by atoms with Gasteiger partial charge in [-0.2, -0.15) is 0 Å². The zero-order chi connectivity index (χ0) is 11.5. The van der Waals surface area contributed by atoms with Crippen LogP contribution in [0.5, 0.6) is 0 Å². The van der Waals surface area contributed by atoms with Crippen molar-refractivity contribution < 1.29 is 9.90 Å². The van der Waals surface area contributed by atoms with Crippen LogP contribution >= 0.6 is 0 Å². The summed E-state index contributed by atoms with van der Waals surface area (Å²) in [5.41, 5.74) is 4.05. The van der Waals surface area contributed by atoms with E-state index < -0.39 is 5.97 Å². The third-order valence-electron chi connectivity index (χ3n) is 3.01. The van der Waals surface area contributed by atoms with E-state index in [1.807, 2.05) is 6.07 Å². The predicted octanol–water partition coefficient (Wildman–Crippen LogP) is 3.05.